The molecule has 2 amide bonds. The molecular weight excluding hydrogens is 668 g/mol. The van der Waals surface area contributed by atoms with E-state index in [1.165, 1.54) is 18.4 Å². The van der Waals surface area contributed by atoms with Gasteiger partial charge in [0.25, 0.3) is 11.5 Å². The summed E-state index contributed by atoms with van der Waals surface area (Å²) in [7, 11) is 2.96. The van der Waals surface area contributed by atoms with Gasteiger partial charge in [0, 0.05) is 38.1 Å². The smallest absolute Gasteiger partial charge is 0.330 e. The van der Waals surface area contributed by atoms with Crippen LogP contribution in [0, 0.1) is 0 Å². The van der Waals surface area contributed by atoms with E-state index in [1.54, 1.807) is 25.3 Å². The molecule has 3 aliphatic rings. The van der Waals surface area contributed by atoms with Gasteiger partial charge in [0.05, 0.1) is 0 Å². The Morgan fingerprint density at radius 3 is 2.37 bits per heavy atom. The lowest BCUT2D eigenvalue weighted by atomic mass is 9.97. The Balaban J connectivity index is 1.39. The number of hydrogen-bond acceptors (Lipinski definition) is 13. The van der Waals surface area contributed by atoms with E-state index >= 15 is 0 Å². The summed E-state index contributed by atoms with van der Waals surface area (Å²) in [5.74, 6) is -1.23. The van der Waals surface area contributed by atoms with Crippen LogP contribution in [0.1, 0.15) is 44.4 Å². The Labute approximate surface area is 294 Å². The number of aliphatic hydroxyl groups excluding tert-OH is 4. The average molecular weight is 717 g/mol. The van der Waals surface area contributed by atoms with E-state index in [0.29, 0.717) is 5.69 Å². The van der Waals surface area contributed by atoms with Crippen molar-refractivity contribution in [3.8, 4) is 0 Å². The van der Waals surface area contributed by atoms with E-state index in [1.807, 2.05) is 12.1 Å². The standard InChI is InChI=1S/C34H48N6O11/c1-4-5-6-7-8-18-9-11-19(12-10-18)36-30(46)20-13-15-38(2)23(31(47)39(20)3)28(51-33-27(45)24(42)21(17-35)49-33)29-25(43)26(44)32(50-29)40-16-14-22(41)37-34(40)48/h9-14,16,21,23-29,32-33,42-45H,4-8,15,17,35H2,1-3H3,(H,36,46)(H,37,41,48)/t21-,23+,24-,25+,26-,27-,28+,29+,32-,33+/m1/s1. The van der Waals surface area contributed by atoms with E-state index in [9.17, 15) is 39.6 Å². The third kappa shape index (κ3) is 8.32. The molecule has 280 valence electrons. The molecule has 17 heteroatoms. The number of amides is 2. The molecule has 0 bridgehead atoms. The summed E-state index contributed by atoms with van der Waals surface area (Å²) in [5.41, 5.74) is 5.78. The number of aromatic amines is 1. The summed E-state index contributed by atoms with van der Waals surface area (Å²) in [6, 6.07) is 7.19. The zero-order chi connectivity index (χ0) is 37.0. The van der Waals surface area contributed by atoms with Gasteiger partial charge in [0.15, 0.2) is 12.5 Å². The molecule has 10 atom stereocenters. The summed E-state index contributed by atoms with van der Waals surface area (Å²) >= 11 is 0. The zero-order valence-electron chi connectivity index (χ0n) is 28.8. The Hall–Kier alpha value is -3.78. The van der Waals surface area contributed by atoms with Gasteiger partial charge >= 0.3 is 5.69 Å². The number of likely N-dealkylation sites (N-methyl/N-ethyl adjacent to an activating group) is 2. The summed E-state index contributed by atoms with van der Waals surface area (Å²) in [6.45, 7) is 2.01. The highest BCUT2D eigenvalue weighted by atomic mass is 16.7. The molecule has 4 heterocycles. The van der Waals surface area contributed by atoms with Crippen molar-refractivity contribution >= 4 is 17.5 Å². The highest BCUT2D eigenvalue weighted by Crippen LogP contribution is 2.36. The van der Waals surface area contributed by atoms with Gasteiger partial charge in [-0.15, -0.1) is 0 Å². The number of benzene rings is 1. The number of rotatable bonds is 13. The van der Waals surface area contributed by atoms with E-state index in [-0.39, 0.29) is 18.8 Å². The van der Waals surface area contributed by atoms with Crippen LogP contribution in [-0.4, -0.2) is 134 Å². The predicted octanol–water partition coefficient (Wildman–Crippen LogP) is -1.64. The molecule has 2 saturated heterocycles. The molecule has 2 aromatic rings. The quantitative estimate of drug-likeness (QED) is 0.115. The van der Waals surface area contributed by atoms with Gasteiger partial charge in [0.1, 0.15) is 54.5 Å². The monoisotopic (exact) mass is 716 g/mol. The number of aliphatic hydroxyl groups is 4. The number of aromatic nitrogens is 2. The van der Waals surface area contributed by atoms with Crippen LogP contribution in [0.2, 0.25) is 0 Å². The number of nitrogens with zero attached hydrogens (tertiary/aromatic N) is 3. The minimum atomic E-state index is -1.77. The molecule has 0 unspecified atom stereocenters. The average Bonchev–Trinajstić information content (AvgIpc) is 3.51. The number of ether oxygens (including phenoxy) is 3. The Kier molecular flexibility index (Phi) is 12.6. The maximum Gasteiger partial charge on any atom is 0.330 e. The highest BCUT2D eigenvalue weighted by molar-refractivity contribution is 6.06. The number of unbranched alkanes of at least 4 members (excludes halogenated alkanes) is 3. The molecule has 0 spiro atoms. The molecule has 1 aromatic heterocycles. The van der Waals surface area contributed by atoms with Crippen molar-refractivity contribution in [1.82, 2.24) is 19.4 Å². The number of nitrogens with one attached hydrogen (secondary N) is 2. The van der Waals surface area contributed by atoms with Crippen molar-refractivity contribution in [1.29, 1.82) is 0 Å². The van der Waals surface area contributed by atoms with Gasteiger partial charge in [0.2, 0.25) is 5.91 Å². The molecule has 0 radical (unpaired) electrons. The third-order valence-corrected chi connectivity index (χ3v) is 9.63. The number of anilines is 1. The lowest BCUT2D eigenvalue weighted by molar-refractivity contribution is -0.232. The summed E-state index contributed by atoms with van der Waals surface area (Å²) < 4.78 is 18.7. The first-order valence-corrected chi connectivity index (χ1v) is 17.1. The SMILES string of the molecule is CCCCCCc1ccc(NC(=O)C2=CCN(C)[C@@H]([C@H](O[C@@H]3O[C@H](CN)[C@@H](O)[C@H]3O)[C@H]3O[C@@H](n4ccc(=O)[nH]c4=O)[C@H](O)[C@@H]3O)C(=O)N2C)cc1. The van der Waals surface area contributed by atoms with Crippen molar-refractivity contribution in [2.45, 2.75) is 100 Å². The summed E-state index contributed by atoms with van der Waals surface area (Å²) in [4.78, 5) is 56.8. The van der Waals surface area contributed by atoms with E-state index in [2.05, 4.69) is 17.2 Å². The van der Waals surface area contributed by atoms with E-state index in [0.717, 1.165) is 53.0 Å². The largest absolute Gasteiger partial charge is 0.387 e. The van der Waals surface area contributed by atoms with Crippen LogP contribution < -0.4 is 22.3 Å². The van der Waals surface area contributed by atoms with Crippen LogP contribution >= 0.6 is 0 Å². The third-order valence-electron chi connectivity index (χ3n) is 9.63. The van der Waals surface area contributed by atoms with Crippen LogP contribution in [-0.2, 0) is 30.2 Å². The molecule has 2 fully saturated rings. The van der Waals surface area contributed by atoms with Gasteiger partial charge < -0.3 is 50.6 Å². The molecule has 5 rings (SSSR count). The second kappa shape index (κ2) is 16.7. The first-order valence-electron chi connectivity index (χ1n) is 17.1. The van der Waals surface area contributed by atoms with Crippen molar-refractivity contribution in [2.75, 3.05) is 32.5 Å². The van der Waals surface area contributed by atoms with Crippen molar-refractivity contribution in [2.24, 2.45) is 5.73 Å². The Morgan fingerprint density at radius 2 is 1.73 bits per heavy atom. The van der Waals surface area contributed by atoms with E-state index < -0.39 is 84.4 Å². The molecular formula is C34H48N6O11. The second-order valence-corrected chi connectivity index (χ2v) is 13.2. The number of carbonyl (C=O) groups is 2. The van der Waals surface area contributed by atoms with Crippen LogP contribution in [0.4, 0.5) is 5.69 Å². The lowest BCUT2D eigenvalue weighted by Crippen LogP contribution is -2.59. The van der Waals surface area contributed by atoms with Gasteiger partial charge in [-0.25, -0.2) is 4.79 Å². The topological polar surface area (TPSA) is 242 Å². The number of H-pyrrole nitrogens is 1. The molecule has 0 aliphatic carbocycles. The van der Waals surface area contributed by atoms with Crippen LogP contribution in [0.15, 0.2) is 57.9 Å². The lowest BCUT2D eigenvalue weighted by Gasteiger charge is -2.38. The molecule has 1 aromatic carbocycles. The van der Waals surface area contributed by atoms with Crippen LogP contribution in [0.5, 0.6) is 0 Å². The number of carbonyl (C=O) groups excluding carboxylic acids is 2. The number of nitrogens with two attached hydrogens (primary N) is 1. The fraction of sp³-hybridized carbons (Fsp3) is 0.588. The summed E-state index contributed by atoms with van der Waals surface area (Å²) in [6.07, 6.45) is -5.63. The molecule has 8 N–H and O–H groups in total. The van der Waals surface area contributed by atoms with Crippen LogP contribution in [0.3, 0.4) is 0 Å². The van der Waals surface area contributed by atoms with Gasteiger partial charge in [-0.2, -0.15) is 0 Å². The highest BCUT2D eigenvalue weighted by Gasteiger charge is 2.55. The fourth-order valence-electron chi connectivity index (χ4n) is 6.65. The molecule has 3 aliphatic heterocycles. The van der Waals surface area contributed by atoms with Crippen LogP contribution in [0.25, 0.3) is 0 Å². The normalized spacial score (nSPS) is 30.7. The maximum atomic E-state index is 14.3. The number of hydrogen-bond donors (Lipinski definition) is 7. The predicted molar refractivity (Wildman–Crippen MR) is 182 cm³/mol. The van der Waals surface area contributed by atoms with E-state index in [4.69, 9.17) is 19.9 Å². The van der Waals surface area contributed by atoms with Crippen molar-refractivity contribution < 1.29 is 44.2 Å². The molecule has 51 heavy (non-hydrogen) atoms. The minimum Gasteiger partial charge on any atom is -0.387 e. The first kappa shape index (κ1) is 38.5. The van der Waals surface area contributed by atoms with Crippen molar-refractivity contribution in [3.05, 3.63) is 74.7 Å². The summed E-state index contributed by atoms with van der Waals surface area (Å²) in [5, 5.41) is 46.4. The van der Waals surface area contributed by atoms with Crippen molar-refractivity contribution in [3.63, 3.8) is 0 Å². The van der Waals surface area contributed by atoms with Gasteiger partial charge in [-0.1, -0.05) is 38.3 Å². The first-order chi connectivity index (χ1) is 24.4. The minimum absolute atomic E-state index is 0.0242. The second-order valence-electron chi connectivity index (χ2n) is 13.2. The zero-order valence-corrected chi connectivity index (χ0v) is 28.8. The number of aryl methyl sites for hydroxylation is 1. The maximum absolute atomic E-state index is 14.3. The molecule has 17 nitrogen and oxygen atoms in total. The van der Waals surface area contributed by atoms with Gasteiger partial charge in [-0.05, 0) is 43.7 Å². The Morgan fingerprint density at radius 1 is 1.00 bits per heavy atom. The van der Waals surface area contributed by atoms with Gasteiger partial charge in [-0.3, -0.25) is 28.8 Å². The fourth-order valence-corrected chi connectivity index (χ4v) is 6.65. The molecule has 0 saturated carbocycles. The Bertz CT molecular complexity index is 1660.